The van der Waals surface area contributed by atoms with Gasteiger partial charge >= 0.3 is 0 Å². The summed E-state index contributed by atoms with van der Waals surface area (Å²) in [6.45, 7) is 5.14. The summed E-state index contributed by atoms with van der Waals surface area (Å²) in [5.74, 6) is 0.665. The number of piperazine rings is 1. The first-order chi connectivity index (χ1) is 12.7. The normalized spacial score (nSPS) is 14.2. The monoisotopic (exact) mass is 352 g/mol. The van der Waals surface area contributed by atoms with Crippen LogP contribution >= 0.6 is 0 Å². The van der Waals surface area contributed by atoms with Gasteiger partial charge in [-0.05, 0) is 31.2 Å². The lowest BCUT2D eigenvalue weighted by atomic mass is 10.2. The number of carbonyl (C=O) groups excluding carboxylic acids is 2. The Hall–Kier alpha value is -2.89. The van der Waals surface area contributed by atoms with E-state index in [1.807, 2.05) is 55.5 Å². The Morgan fingerprint density at radius 1 is 1.00 bits per heavy atom. The number of hydrogen-bond acceptors (Lipinski definition) is 4. The summed E-state index contributed by atoms with van der Waals surface area (Å²) >= 11 is 0. The van der Waals surface area contributed by atoms with Crippen LogP contribution in [-0.4, -0.2) is 54.4 Å². The molecule has 1 aliphatic heterocycles. The van der Waals surface area contributed by atoms with Gasteiger partial charge in [0, 0.05) is 44.6 Å². The zero-order valence-corrected chi connectivity index (χ0v) is 15.0. The highest BCUT2D eigenvalue weighted by Crippen LogP contribution is 2.16. The van der Waals surface area contributed by atoms with Crippen molar-refractivity contribution >= 4 is 23.3 Å². The molecule has 2 aromatic rings. The predicted molar refractivity (Wildman–Crippen MR) is 102 cm³/mol. The molecule has 0 radical (unpaired) electrons. The van der Waals surface area contributed by atoms with E-state index in [-0.39, 0.29) is 18.2 Å². The number of para-hydroxylation sites is 1. The van der Waals surface area contributed by atoms with Crippen molar-refractivity contribution in [3.63, 3.8) is 0 Å². The van der Waals surface area contributed by atoms with Crippen molar-refractivity contribution in [1.29, 1.82) is 0 Å². The Morgan fingerprint density at radius 3 is 2.31 bits per heavy atom. The van der Waals surface area contributed by atoms with Gasteiger partial charge in [0.2, 0.25) is 11.8 Å². The van der Waals surface area contributed by atoms with Crippen LogP contribution in [0.2, 0.25) is 0 Å². The Kier molecular flexibility index (Phi) is 5.84. The predicted octanol–water partition coefficient (Wildman–Crippen LogP) is 2.17. The van der Waals surface area contributed by atoms with E-state index in [2.05, 4.69) is 9.88 Å². The van der Waals surface area contributed by atoms with Gasteiger partial charge in [-0.1, -0.05) is 24.3 Å². The second kappa shape index (κ2) is 8.47. The Bertz CT molecular complexity index is 728. The lowest BCUT2D eigenvalue weighted by Crippen LogP contribution is -2.50. The highest BCUT2D eigenvalue weighted by molar-refractivity contribution is 6.05. The molecule has 136 valence electrons. The van der Waals surface area contributed by atoms with E-state index in [4.69, 9.17) is 0 Å². The third-order valence-corrected chi connectivity index (χ3v) is 4.59. The number of rotatable bonds is 5. The highest BCUT2D eigenvalue weighted by atomic mass is 16.2. The summed E-state index contributed by atoms with van der Waals surface area (Å²) in [6.07, 6.45) is 1.68. The van der Waals surface area contributed by atoms with Crippen molar-refractivity contribution in [2.45, 2.75) is 13.3 Å². The van der Waals surface area contributed by atoms with E-state index in [1.165, 1.54) is 0 Å². The zero-order valence-electron chi connectivity index (χ0n) is 15.0. The molecular weight excluding hydrogens is 328 g/mol. The molecule has 1 aromatic heterocycles. The SMILES string of the molecule is CCN(C(=O)CC(=O)N1CCN(c2ccccn2)CC1)c1ccccc1. The molecule has 6 heteroatoms. The fourth-order valence-corrected chi connectivity index (χ4v) is 3.17. The van der Waals surface area contributed by atoms with Crippen molar-refractivity contribution in [1.82, 2.24) is 9.88 Å². The summed E-state index contributed by atoms with van der Waals surface area (Å²) < 4.78 is 0. The van der Waals surface area contributed by atoms with Crippen molar-refractivity contribution in [3.8, 4) is 0 Å². The molecule has 0 unspecified atom stereocenters. The molecule has 0 atom stereocenters. The standard InChI is InChI=1S/C20H24N4O2/c1-2-24(17-8-4-3-5-9-17)20(26)16-19(25)23-14-12-22(13-15-23)18-10-6-7-11-21-18/h3-11H,2,12-16H2,1H3. The topological polar surface area (TPSA) is 56.8 Å². The number of hydrogen-bond donors (Lipinski definition) is 0. The molecule has 0 aliphatic carbocycles. The Balaban J connectivity index is 1.54. The van der Waals surface area contributed by atoms with Gasteiger partial charge in [-0.3, -0.25) is 9.59 Å². The molecule has 1 aliphatic rings. The molecule has 0 bridgehead atoms. The van der Waals surface area contributed by atoms with E-state index in [0.717, 1.165) is 24.6 Å². The van der Waals surface area contributed by atoms with Crippen molar-refractivity contribution in [2.75, 3.05) is 42.5 Å². The minimum absolute atomic E-state index is 0.0910. The van der Waals surface area contributed by atoms with Crippen molar-refractivity contribution in [3.05, 3.63) is 54.7 Å². The van der Waals surface area contributed by atoms with Crippen LogP contribution in [-0.2, 0) is 9.59 Å². The van der Waals surface area contributed by atoms with Gasteiger partial charge in [-0.25, -0.2) is 4.98 Å². The molecular formula is C20H24N4O2. The van der Waals surface area contributed by atoms with E-state index >= 15 is 0 Å². The van der Waals surface area contributed by atoms with Gasteiger partial charge in [-0.2, -0.15) is 0 Å². The minimum Gasteiger partial charge on any atom is -0.353 e. The molecule has 3 rings (SSSR count). The number of amides is 2. The molecule has 26 heavy (non-hydrogen) atoms. The molecule has 0 spiro atoms. The minimum atomic E-state index is -0.157. The van der Waals surface area contributed by atoms with Crippen LogP contribution in [0.4, 0.5) is 11.5 Å². The maximum Gasteiger partial charge on any atom is 0.236 e. The number of aromatic nitrogens is 1. The van der Waals surface area contributed by atoms with Crippen LogP contribution in [0.1, 0.15) is 13.3 Å². The highest BCUT2D eigenvalue weighted by Gasteiger charge is 2.25. The van der Waals surface area contributed by atoms with Crippen LogP contribution in [0.15, 0.2) is 54.7 Å². The van der Waals surface area contributed by atoms with Crippen molar-refractivity contribution in [2.24, 2.45) is 0 Å². The molecule has 2 heterocycles. The first kappa shape index (κ1) is 17.9. The molecule has 1 saturated heterocycles. The van der Waals surface area contributed by atoms with E-state index in [0.29, 0.717) is 19.6 Å². The lowest BCUT2D eigenvalue weighted by molar-refractivity contribution is -0.135. The molecule has 1 fully saturated rings. The smallest absolute Gasteiger partial charge is 0.236 e. The quantitative estimate of drug-likeness (QED) is 0.774. The second-order valence-corrected chi connectivity index (χ2v) is 6.21. The summed E-state index contributed by atoms with van der Waals surface area (Å²) in [6, 6.07) is 15.3. The number of pyridine rings is 1. The first-order valence-electron chi connectivity index (χ1n) is 8.98. The van der Waals surface area contributed by atoms with Gasteiger partial charge in [-0.15, -0.1) is 0 Å². The molecule has 2 amide bonds. The number of benzene rings is 1. The average Bonchev–Trinajstić information content (AvgIpc) is 2.70. The van der Waals surface area contributed by atoms with E-state index in [1.54, 1.807) is 16.0 Å². The second-order valence-electron chi connectivity index (χ2n) is 6.21. The average molecular weight is 352 g/mol. The summed E-state index contributed by atoms with van der Waals surface area (Å²) in [7, 11) is 0. The van der Waals surface area contributed by atoms with E-state index < -0.39 is 0 Å². The Morgan fingerprint density at radius 2 is 1.69 bits per heavy atom. The van der Waals surface area contributed by atoms with Crippen LogP contribution in [0.25, 0.3) is 0 Å². The van der Waals surface area contributed by atoms with Gasteiger partial charge in [0.05, 0.1) is 0 Å². The Labute approximate surface area is 154 Å². The lowest BCUT2D eigenvalue weighted by Gasteiger charge is -2.35. The van der Waals surface area contributed by atoms with Gasteiger partial charge < -0.3 is 14.7 Å². The fraction of sp³-hybridized carbons (Fsp3) is 0.350. The summed E-state index contributed by atoms with van der Waals surface area (Å²) in [5, 5.41) is 0. The van der Waals surface area contributed by atoms with Crippen LogP contribution < -0.4 is 9.80 Å². The maximum absolute atomic E-state index is 12.6. The number of nitrogens with zero attached hydrogens (tertiary/aromatic N) is 4. The van der Waals surface area contributed by atoms with Gasteiger partial charge in [0.1, 0.15) is 12.2 Å². The third kappa shape index (κ3) is 4.20. The van der Waals surface area contributed by atoms with Gasteiger partial charge in [0.15, 0.2) is 0 Å². The van der Waals surface area contributed by atoms with E-state index in [9.17, 15) is 9.59 Å². The molecule has 6 nitrogen and oxygen atoms in total. The first-order valence-corrected chi connectivity index (χ1v) is 8.98. The van der Waals surface area contributed by atoms with Crippen LogP contribution in [0, 0.1) is 0 Å². The fourth-order valence-electron chi connectivity index (χ4n) is 3.17. The summed E-state index contributed by atoms with van der Waals surface area (Å²) in [5.41, 5.74) is 0.827. The van der Waals surface area contributed by atoms with Crippen LogP contribution in [0.3, 0.4) is 0 Å². The largest absolute Gasteiger partial charge is 0.353 e. The number of anilines is 2. The third-order valence-electron chi connectivity index (χ3n) is 4.59. The zero-order chi connectivity index (χ0) is 18.4. The van der Waals surface area contributed by atoms with Crippen molar-refractivity contribution < 1.29 is 9.59 Å². The molecule has 0 saturated carbocycles. The molecule has 0 N–H and O–H groups in total. The molecule has 1 aromatic carbocycles. The maximum atomic E-state index is 12.6. The number of carbonyl (C=O) groups is 2. The van der Waals surface area contributed by atoms with Crippen LogP contribution in [0.5, 0.6) is 0 Å². The summed E-state index contributed by atoms with van der Waals surface area (Å²) in [4.78, 5) is 35.1. The van der Waals surface area contributed by atoms with Gasteiger partial charge in [0.25, 0.3) is 0 Å².